The Morgan fingerprint density at radius 2 is 1.34 bits per heavy atom. The van der Waals surface area contributed by atoms with Gasteiger partial charge in [-0.15, -0.1) is 0 Å². The van der Waals surface area contributed by atoms with Crippen LogP contribution in [-0.4, -0.2) is 46.0 Å². The average Bonchev–Trinajstić information content (AvgIpc) is 2.73. The number of nitrogens with zero attached hydrogens (tertiary/aromatic N) is 2. The molecule has 0 spiro atoms. The quantitative estimate of drug-likeness (QED) is 0.266. The number of hydrogen-bond donors (Lipinski definition) is 4. The van der Waals surface area contributed by atoms with Crippen molar-refractivity contribution in [3.8, 4) is 0 Å². The van der Waals surface area contributed by atoms with Crippen LogP contribution in [0.4, 0.5) is 22.7 Å². The molecule has 0 fully saturated rings. The number of hydrazine groups is 1. The zero-order valence-electron chi connectivity index (χ0n) is 19.3. The molecule has 0 unspecified atom stereocenters. The molecule has 0 heterocycles. The van der Waals surface area contributed by atoms with E-state index >= 15 is 0 Å². The molecule has 0 radical (unpaired) electrons. The van der Waals surface area contributed by atoms with Gasteiger partial charge in [0.05, 0.1) is 37.3 Å². The third kappa shape index (κ3) is 7.29. The van der Waals surface area contributed by atoms with Gasteiger partial charge in [0.25, 0.3) is 0 Å². The molecule has 9 heteroatoms. The first-order valence-electron chi connectivity index (χ1n) is 11.1. The van der Waals surface area contributed by atoms with Crippen LogP contribution in [0.5, 0.6) is 0 Å². The predicted molar refractivity (Wildman–Crippen MR) is 134 cm³/mol. The van der Waals surface area contributed by atoms with Gasteiger partial charge in [0.2, 0.25) is 10.0 Å². The fraction of sp³-hybridized carbons (Fsp3) is 0.478. The summed E-state index contributed by atoms with van der Waals surface area (Å²) in [4.78, 5) is 0. The van der Waals surface area contributed by atoms with E-state index in [4.69, 9.17) is 11.5 Å². The number of anilines is 4. The third-order valence-corrected chi connectivity index (χ3v) is 5.91. The molecule has 0 amide bonds. The Labute approximate surface area is 192 Å². The number of aliphatic hydroxyl groups excluding tert-OH is 1. The Bertz CT molecular complexity index is 982. The number of aliphatic hydroxyl groups is 1. The maximum Gasteiger partial charge on any atom is 0.208 e. The smallest absolute Gasteiger partial charge is 0.208 e. The van der Waals surface area contributed by atoms with Gasteiger partial charge < -0.3 is 16.6 Å². The van der Waals surface area contributed by atoms with Crippen LogP contribution in [0.15, 0.2) is 36.4 Å². The molecule has 6 N–H and O–H groups in total. The van der Waals surface area contributed by atoms with E-state index in [1.165, 1.54) is 0 Å². The lowest BCUT2D eigenvalue weighted by atomic mass is 10.1. The Balaban J connectivity index is 2.51. The second-order valence-corrected chi connectivity index (χ2v) is 9.74. The van der Waals surface area contributed by atoms with Crippen LogP contribution in [0.3, 0.4) is 0 Å². The van der Waals surface area contributed by atoms with Crippen LogP contribution in [0.25, 0.3) is 0 Å². The number of nitrogen functional groups attached to an aromatic ring is 2. The highest BCUT2D eigenvalue weighted by Crippen LogP contribution is 2.29. The number of rotatable bonds is 13. The lowest BCUT2D eigenvalue weighted by Gasteiger charge is -2.39. The van der Waals surface area contributed by atoms with Crippen molar-refractivity contribution in [3.05, 3.63) is 47.5 Å². The van der Waals surface area contributed by atoms with E-state index in [1.807, 2.05) is 46.4 Å². The lowest BCUT2D eigenvalue weighted by Crippen LogP contribution is -2.48. The van der Waals surface area contributed by atoms with Crippen LogP contribution >= 0.6 is 0 Å². The minimum atomic E-state index is -3.33. The molecule has 2 aromatic rings. The van der Waals surface area contributed by atoms with Gasteiger partial charge in [-0.2, -0.15) is 0 Å². The zero-order chi connectivity index (χ0) is 23.7. The maximum atomic E-state index is 11.6. The van der Waals surface area contributed by atoms with Crippen molar-refractivity contribution >= 4 is 32.8 Å². The fourth-order valence-corrected chi connectivity index (χ4v) is 4.15. The molecule has 32 heavy (non-hydrogen) atoms. The molecule has 0 aliphatic rings. The highest BCUT2D eigenvalue weighted by molar-refractivity contribution is 7.88. The molecule has 178 valence electrons. The molecule has 2 aromatic carbocycles. The number of nitrogens with two attached hydrogens (primary N) is 2. The maximum absolute atomic E-state index is 11.6. The van der Waals surface area contributed by atoms with Crippen molar-refractivity contribution in [1.82, 2.24) is 4.72 Å². The summed E-state index contributed by atoms with van der Waals surface area (Å²) in [6.45, 7) is 5.05. The molecule has 0 aliphatic carbocycles. The van der Waals surface area contributed by atoms with Crippen LogP contribution in [0, 0.1) is 0 Å². The third-order valence-electron chi connectivity index (χ3n) is 5.18. The van der Waals surface area contributed by atoms with Crippen molar-refractivity contribution < 1.29 is 13.5 Å². The number of hydrogen-bond acceptors (Lipinski definition) is 7. The number of sulfonamides is 1. The van der Waals surface area contributed by atoms with E-state index < -0.39 is 10.0 Å². The molecule has 0 atom stereocenters. The van der Waals surface area contributed by atoms with Gasteiger partial charge in [-0.1, -0.05) is 26.7 Å². The Morgan fingerprint density at radius 3 is 1.75 bits per heavy atom. The normalized spacial score (nSPS) is 11.5. The molecule has 0 saturated heterocycles. The highest BCUT2D eigenvalue weighted by atomic mass is 32.2. The van der Waals surface area contributed by atoms with Gasteiger partial charge in [-0.05, 0) is 60.4 Å². The second kappa shape index (κ2) is 11.9. The molecule has 8 nitrogen and oxygen atoms in total. The van der Waals surface area contributed by atoms with Crippen molar-refractivity contribution in [2.45, 2.75) is 39.5 Å². The zero-order valence-corrected chi connectivity index (χ0v) is 20.2. The Morgan fingerprint density at radius 1 is 0.875 bits per heavy atom. The Kier molecular flexibility index (Phi) is 9.61. The highest BCUT2D eigenvalue weighted by Gasteiger charge is 2.19. The summed E-state index contributed by atoms with van der Waals surface area (Å²) in [7, 11) is -3.33. The molecule has 2 rings (SSSR count). The van der Waals surface area contributed by atoms with Crippen LogP contribution in [0.2, 0.25) is 0 Å². The van der Waals surface area contributed by atoms with E-state index in [0.717, 1.165) is 65.8 Å². The van der Waals surface area contributed by atoms with Crippen LogP contribution < -0.4 is 26.2 Å². The fourth-order valence-electron chi connectivity index (χ4n) is 3.69. The van der Waals surface area contributed by atoms with Crippen molar-refractivity contribution in [2.75, 3.05) is 54.0 Å². The molecular weight excluding hydrogens is 426 g/mol. The standard InChI is InChI=1S/C23H37N5O3S/c1-4-6-18-16-20(8-10-22(18)24)27(13-12-26-32(3,30)31)28(14-15-29)21-9-11-23(25)19(17-21)7-5-2/h8-11,16-17,26,29H,4-7,12-15,24-25H2,1-3H3. The van der Waals surface area contributed by atoms with E-state index in [9.17, 15) is 13.5 Å². The predicted octanol–water partition coefficient (Wildman–Crippen LogP) is 2.53. The first-order valence-corrected chi connectivity index (χ1v) is 13.0. The summed E-state index contributed by atoms with van der Waals surface area (Å²) < 4.78 is 25.8. The molecule has 0 saturated carbocycles. The first kappa shape index (κ1) is 25.8. The van der Waals surface area contributed by atoms with E-state index in [2.05, 4.69) is 18.6 Å². The van der Waals surface area contributed by atoms with Gasteiger partial charge in [-0.3, -0.25) is 10.0 Å². The largest absolute Gasteiger partial charge is 0.399 e. The van der Waals surface area contributed by atoms with Gasteiger partial charge in [0.15, 0.2) is 0 Å². The SMILES string of the molecule is CCCc1cc(N(CCO)N(CCNS(C)(=O)=O)c2ccc(N)c(CCC)c2)ccc1N. The molecule has 0 bridgehead atoms. The lowest BCUT2D eigenvalue weighted by molar-refractivity contribution is 0.300. The minimum absolute atomic E-state index is 0.0692. The molecule has 0 aliphatic heterocycles. The van der Waals surface area contributed by atoms with Crippen LogP contribution in [0.1, 0.15) is 37.8 Å². The number of benzene rings is 2. The van der Waals surface area contributed by atoms with Gasteiger partial charge in [-0.25, -0.2) is 13.1 Å². The van der Waals surface area contributed by atoms with E-state index in [-0.39, 0.29) is 13.2 Å². The molecule has 0 aromatic heterocycles. The van der Waals surface area contributed by atoms with Crippen molar-refractivity contribution in [3.63, 3.8) is 0 Å². The first-order chi connectivity index (χ1) is 15.2. The monoisotopic (exact) mass is 463 g/mol. The summed E-state index contributed by atoms with van der Waals surface area (Å²) in [5.41, 5.74) is 17.6. The Hall–Kier alpha value is -2.49. The topological polar surface area (TPSA) is 125 Å². The van der Waals surface area contributed by atoms with Crippen molar-refractivity contribution in [1.29, 1.82) is 0 Å². The number of nitrogens with one attached hydrogen (secondary N) is 1. The molecular formula is C23H37N5O3S. The summed E-state index contributed by atoms with van der Waals surface area (Å²) in [6.07, 6.45) is 4.76. The average molecular weight is 464 g/mol. The summed E-state index contributed by atoms with van der Waals surface area (Å²) in [6, 6.07) is 11.7. The summed E-state index contributed by atoms with van der Waals surface area (Å²) >= 11 is 0. The second-order valence-electron chi connectivity index (χ2n) is 7.90. The van der Waals surface area contributed by atoms with Gasteiger partial charge in [0.1, 0.15) is 0 Å². The number of aryl methyl sites for hydroxylation is 2. The van der Waals surface area contributed by atoms with Crippen molar-refractivity contribution in [2.24, 2.45) is 0 Å². The van der Waals surface area contributed by atoms with E-state index in [1.54, 1.807) is 0 Å². The van der Waals surface area contributed by atoms with Gasteiger partial charge in [0, 0.05) is 17.9 Å². The van der Waals surface area contributed by atoms with Gasteiger partial charge >= 0.3 is 0 Å². The summed E-state index contributed by atoms with van der Waals surface area (Å²) in [5.74, 6) is 0. The van der Waals surface area contributed by atoms with Crippen LogP contribution in [-0.2, 0) is 22.9 Å². The van der Waals surface area contributed by atoms with E-state index in [0.29, 0.717) is 13.1 Å². The summed E-state index contributed by atoms with van der Waals surface area (Å²) in [5, 5.41) is 13.8. The minimum Gasteiger partial charge on any atom is -0.399 e.